The maximum atomic E-state index is 12.5. The van der Waals surface area contributed by atoms with Gasteiger partial charge in [0.15, 0.2) is 11.5 Å². The second kappa shape index (κ2) is 9.09. The molecule has 0 aliphatic carbocycles. The van der Waals surface area contributed by atoms with Gasteiger partial charge in [0.25, 0.3) is 0 Å². The summed E-state index contributed by atoms with van der Waals surface area (Å²) in [5.74, 6) is 1.35. The number of carbonyl (C=O) groups excluding carboxylic acids is 1. The van der Waals surface area contributed by atoms with Crippen LogP contribution in [0.5, 0.6) is 17.2 Å². The molecular weight excluding hydrogens is 330 g/mol. The zero-order chi connectivity index (χ0) is 18.9. The van der Waals surface area contributed by atoms with Crippen LogP contribution in [0.1, 0.15) is 15.9 Å². The molecule has 0 saturated carbocycles. The van der Waals surface area contributed by atoms with Crippen LogP contribution in [0.15, 0.2) is 60.7 Å². The molecule has 0 spiro atoms. The van der Waals surface area contributed by atoms with Crippen molar-refractivity contribution in [2.45, 2.75) is 0 Å². The summed E-state index contributed by atoms with van der Waals surface area (Å²) in [6, 6.07) is 13.7. The van der Waals surface area contributed by atoms with Gasteiger partial charge in [-0.15, -0.1) is 0 Å². The van der Waals surface area contributed by atoms with E-state index in [9.17, 15) is 10.1 Å². The summed E-state index contributed by atoms with van der Waals surface area (Å²) in [4.78, 5) is 12.5. The number of ketones is 1. The fourth-order valence-electron chi connectivity index (χ4n) is 2.26. The van der Waals surface area contributed by atoms with Gasteiger partial charge in [-0.05, 0) is 48.0 Å². The lowest BCUT2D eigenvalue weighted by molar-refractivity contribution is 0.104. The predicted octanol–water partition coefficient (Wildman–Crippen LogP) is 4.06. The normalized spacial score (nSPS) is 10.6. The van der Waals surface area contributed by atoms with E-state index in [-0.39, 0.29) is 11.4 Å². The molecule has 5 heteroatoms. The molecule has 26 heavy (non-hydrogen) atoms. The Bertz CT molecular complexity index is 861. The van der Waals surface area contributed by atoms with Crippen LogP contribution in [0.25, 0.3) is 6.08 Å². The van der Waals surface area contributed by atoms with Crippen molar-refractivity contribution in [3.05, 3.63) is 71.8 Å². The summed E-state index contributed by atoms with van der Waals surface area (Å²) >= 11 is 0. The molecule has 0 aliphatic heterocycles. The van der Waals surface area contributed by atoms with Gasteiger partial charge >= 0.3 is 0 Å². The smallest absolute Gasteiger partial charge is 0.203 e. The Morgan fingerprint density at radius 3 is 2.42 bits per heavy atom. The molecule has 0 heterocycles. The van der Waals surface area contributed by atoms with Crippen molar-refractivity contribution < 1.29 is 19.0 Å². The topological polar surface area (TPSA) is 68.5 Å². The first-order valence-electron chi connectivity index (χ1n) is 7.85. The standard InChI is InChI=1S/C21H19NO4/c1-4-11-26-19-10-5-15(13-20(19)25-3)12-17(14-22)21(23)16-6-8-18(24-2)9-7-16/h4-10,12-13H,1,11H2,2-3H3/b17-12+. The third-order valence-electron chi connectivity index (χ3n) is 3.57. The highest BCUT2D eigenvalue weighted by molar-refractivity contribution is 6.14. The minimum absolute atomic E-state index is 0.0250. The van der Waals surface area contributed by atoms with Crippen molar-refractivity contribution in [3.8, 4) is 23.3 Å². The van der Waals surface area contributed by atoms with Crippen LogP contribution in [0.4, 0.5) is 0 Å². The molecular formula is C21H19NO4. The highest BCUT2D eigenvalue weighted by Gasteiger charge is 2.13. The van der Waals surface area contributed by atoms with Gasteiger partial charge in [-0.3, -0.25) is 4.79 Å². The zero-order valence-electron chi connectivity index (χ0n) is 14.7. The number of carbonyl (C=O) groups is 1. The molecule has 0 saturated heterocycles. The number of Topliss-reactive ketones (excluding diaryl/α,β-unsaturated/α-hetero) is 1. The molecule has 2 aromatic carbocycles. The van der Waals surface area contributed by atoms with Gasteiger partial charge in [-0.2, -0.15) is 5.26 Å². The minimum Gasteiger partial charge on any atom is -0.497 e. The lowest BCUT2D eigenvalue weighted by Crippen LogP contribution is -2.02. The lowest BCUT2D eigenvalue weighted by Gasteiger charge is -2.10. The van der Waals surface area contributed by atoms with E-state index in [1.807, 2.05) is 6.07 Å². The molecule has 0 unspecified atom stereocenters. The van der Waals surface area contributed by atoms with Crippen molar-refractivity contribution in [2.24, 2.45) is 0 Å². The Morgan fingerprint density at radius 1 is 1.12 bits per heavy atom. The van der Waals surface area contributed by atoms with Crippen LogP contribution in [0.2, 0.25) is 0 Å². The van der Waals surface area contributed by atoms with Gasteiger partial charge in [-0.25, -0.2) is 0 Å². The number of rotatable bonds is 8. The third-order valence-corrected chi connectivity index (χ3v) is 3.57. The van der Waals surface area contributed by atoms with Crippen molar-refractivity contribution in [2.75, 3.05) is 20.8 Å². The molecule has 0 bridgehead atoms. The molecule has 0 fully saturated rings. The first kappa shape index (κ1) is 18.8. The van der Waals surface area contributed by atoms with Crippen LogP contribution in [0, 0.1) is 11.3 Å². The molecule has 0 radical (unpaired) electrons. The van der Waals surface area contributed by atoms with Gasteiger partial charge in [-0.1, -0.05) is 18.7 Å². The van der Waals surface area contributed by atoms with Crippen LogP contribution >= 0.6 is 0 Å². The first-order valence-corrected chi connectivity index (χ1v) is 7.85. The van der Waals surface area contributed by atoms with Crippen LogP contribution < -0.4 is 14.2 Å². The van der Waals surface area contributed by atoms with Crippen molar-refractivity contribution >= 4 is 11.9 Å². The van der Waals surface area contributed by atoms with E-state index in [1.54, 1.807) is 55.7 Å². The molecule has 5 nitrogen and oxygen atoms in total. The predicted molar refractivity (Wildman–Crippen MR) is 99.6 cm³/mol. The first-order chi connectivity index (χ1) is 12.6. The summed E-state index contributed by atoms with van der Waals surface area (Å²) in [5.41, 5.74) is 1.10. The second-order valence-electron chi connectivity index (χ2n) is 5.24. The quantitative estimate of drug-likeness (QED) is 0.311. The molecule has 0 aliphatic rings. The average Bonchev–Trinajstić information content (AvgIpc) is 2.70. The monoisotopic (exact) mass is 349 g/mol. The number of allylic oxidation sites excluding steroid dienone is 1. The SMILES string of the molecule is C=CCOc1ccc(/C=C(\C#N)C(=O)c2ccc(OC)cc2)cc1OC. The van der Waals surface area contributed by atoms with E-state index >= 15 is 0 Å². The van der Waals surface area contributed by atoms with E-state index in [1.165, 1.54) is 13.2 Å². The van der Waals surface area contributed by atoms with Gasteiger partial charge in [0.1, 0.15) is 24.0 Å². The molecule has 0 aromatic heterocycles. The number of ether oxygens (including phenoxy) is 3. The fraction of sp³-hybridized carbons (Fsp3) is 0.143. The van der Waals surface area contributed by atoms with E-state index < -0.39 is 0 Å². The number of nitriles is 1. The number of methoxy groups -OCH3 is 2. The highest BCUT2D eigenvalue weighted by Crippen LogP contribution is 2.29. The summed E-state index contributed by atoms with van der Waals surface area (Å²) < 4.78 is 15.9. The molecule has 0 amide bonds. The maximum absolute atomic E-state index is 12.5. The Labute approximate surface area is 152 Å². The maximum Gasteiger partial charge on any atom is 0.203 e. The van der Waals surface area contributed by atoms with E-state index in [4.69, 9.17) is 14.2 Å². The summed E-state index contributed by atoms with van der Waals surface area (Å²) in [6.45, 7) is 3.95. The number of nitrogens with zero attached hydrogens (tertiary/aromatic N) is 1. The van der Waals surface area contributed by atoms with Crippen molar-refractivity contribution in [1.82, 2.24) is 0 Å². The number of hydrogen-bond donors (Lipinski definition) is 0. The van der Waals surface area contributed by atoms with Crippen LogP contribution in [0.3, 0.4) is 0 Å². The summed E-state index contributed by atoms with van der Waals surface area (Å²) in [7, 11) is 3.07. The number of hydrogen-bond acceptors (Lipinski definition) is 5. The molecule has 132 valence electrons. The van der Waals surface area contributed by atoms with Gasteiger partial charge < -0.3 is 14.2 Å². The van der Waals surface area contributed by atoms with Gasteiger partial charge in [0, 0.05) is 5.56 Å². The fourth-order valence-corrected chi connectivity index (χ4v) is 2.26. The molecule has 2 aromatic rings. The third kappa shape index (κ3) is 4.52. The van der Waals surface area contributed by atoms with E-state index in [0.29, 0.717) is 35.0 Å². The zero-order valence-corrected chi connectivity index (χ0v) is 14.7. The molecule has 0 atom stereocenters. The van der Waals surface area contributed by atoms with E-state index in [2.05, 4.69) is 6.58 Å². The van der Waals surface area contributed by atoms with Crippen LogP contribution in [-0.2, 0) is 0 Å². The van der Waals surface area contributed by atoms with Crippen molar-refractivity contribution in [3.63, 3.8) is 0 Å². The summed E-state index contributed by atoms with van der Waals surface area (Å²) in [6.07, 6.45) is 3.15. The number of benzene rings is 2. The van der Waals surface area contributed by atoms with Gasteiger partial charge in [0.05, 0.1) is 14.2 Å². The lowest BCUT2D eigenvalue weighted by atomic mass is 10.0. The highest BCUT2D eigenvalue weighted by atomic mass is 16.5. The second-order valence-corrected chi connectivity index (χ2v) is 5.24. The average molecular weight is 349 g/mol. The van der Waals surface area contributed by atoms with Gasteiger partial charge in [0.2, 0.25) is 5.78 Å². The Hall–Kier alpha value is -3.52. The molecule has 0 N–H and O–H groups in total. The minimum atomic E-state index is -0.360. The Kier molecular flexibility index (Phi) is 6.58. The Balaban J connectivity index is 2.30. The van der Waals surface area contributed by atoms with E-state index in [0.717, 1.165) is 0 Å². The Morgan fingerprint density at radius 2 is 1.85 bits per heavy atom. The largest absolute Gasteiger partial charge is 0.497 e. The van der Waals surface area contributed by atoms with Crippen molar-refractivity contribution in [1.29, 1.82) is 5.26 Å². The van der Waals surface area contributed by atoms with Crippen LogP contribution in [-0.4, -0.2) is 26.6 Å². The summed E-state index contributed by atoms with van der Waals surface area (Å²) in [5, 5.41) is 9.39. The molecule has 2 rings (SSSR count).